The van der Waals surface area contributed by atoms with Crippen molar-refractivity contribution in [1.82, 2.24) is 9.78 Å². The summed E-state index contributed by atoms with van der Waals surface area (Å²) < 4.78 is 6.78. The number of methoxy groups -OCH3 is 1. The number of nitrogens with zero attached hydrogens (tertiary/aromatic N) is 3. The molecule has 1 aliphatic rings. The molecule has 3 N–H and O–H groups in total. The maximum absolute atomic E-state index is 9.32. The van der Waals surface area contributed by atoms with Crippen LogP contribution in [0.25, 0.3) is 5.69 Å². The van der Waals surface area contributed by atoms with Crippen molar-refractivity contribution in [3.63, 3.8) is 0 Å². The molecule has 0 amide bonds. The van der Waals surface area contributed by atoms with Gasteiger partial charge in [0, 0.05) is 12.1 Å². The Hall–Kier alpha value is -2.68. The zero-order chi connectivity index (χ0) is 14.8. The highest BCUT2D eigenvalue weighted by molar-refractivity contribution is 5.66. The number of nitrogens with one attached hydrogen (secondary N) is 1. The van der Waals surface area contributed by atoms with Gasteiger partial charge in [-0.05, 0) is 31.4 Å². The maximum Gasteiger partial charge on any atom is 0.168 e. The van der Waals surface area contributed by atoms with Gasteiger partial charge in [0.05, 0.1) is 12.8 Å². The first-order valence-corrected chi connectivity index (χ1v) is 6.92. The van der Waals surface area contributed by atoms with E-state index >= 15 is 0 Å². The monoisotopic (exact) mass is 283 g/mol. The first kappa shape index (κ1) is 13.3. The lowest BCUT2D eigenvalue weighted by atomic mass is 9.93. The molecule has 0 bridgehead atoms. The van der Waals surface area contributed by atoms with Crippen molar-refractivity contribution in [2.24, 2.45) is 0 Å². The van der Waals surface area contributed by atoms with Gasteiger partial charge in [0.2, 0.25) is 0 Å². The standard InChI is InChI=1S/C15H17N5O/c1-21-12-7-3-6-11(8-12)20-14(17)13(9-16)15(19-20)18-10-4-2-5-10/h3,6-8,10H,2,4-5,17H2,1H3,(H,18,19). The van der Waals surface area contributed by atoms with E-state index in [0.717, 1.165) is 24.3 Å². The number of rotatable bonds is 4. The minimum absolute atomic E-state index is 0.340. The van der Waals surface area contributed by atoms with Gasteiger partial charge >= 0.3 is 0 Å². The summed E-state index contributed by atoms with van der Waals surface area (Å²) in [7, 11) is 1.61. The highest BCUT2D eigenvalue weighted by Crippen LogP contribution is 2.29. The second-order valence-corrected chi connectivity index (χ2v) is 5.11. The van der Waals surface area contributed by atoms with Gasteiger partial charge in [-0.3, -0.25) is 0 Å². The Kier molecular flexibility index (Phi) is 3.40. The average molecular weight is 283 g/mol. The topological polar surface area (TPSA) is 88.9 Å². The van der Waals surface area contributed by atoms with E-state index in [1.807, 2.05) is 24.3 Å². The number of ether oxygens (including phenoxy) is 1. The molecule has 6 heteroatoms. The second kappa shape index (κ2) is 5.37. The fourth-order valence-corrected chi connectivity index (χ4v) is 2.33. The van der Waals surface area contributed by atoms with Crippen molar-refractivity contribution in [3.8, 4) is 17.5 Å². The molecule has 0 spiro atoms. The van der Waals surface area contributed by atoms with E-state index in [1.54, 1.807) is 11.8 Å². The number of nitrogens with two attached hydrogens (primary N) is 1. The smallest absolute Gasteiger partial charge is 0.168 e. The molecule has 1 saturated carbocycles. The van der Waals surface area contributed by atoms with Crippen molar-refractivity contribution in [3.05, 3.63) is 29.8 Å². The van der Waals surface area contributed by atoms with Crippen molar-refractivity contribution in [2.45, 2.75) is 25.3 Å². The Labute approximate surface area is 123 Å². The van der Waals surface area contributed by atoms with Crippen LogP contribution in [0.5, 0.6) is 5.75 Å². The first-order chi connectivity index (χ1) is 10.2. The van der Waals surface area contributed by atoms with Crippen molar-refractivity contribution in [2.75, 3.05) is 18.2 Å². The molecule has 1 aromatic carbocycles. The number of hydrogen-bond donors (Lipinski definition) is 2. The molecule has 2 aromatic rings. The molecule has 1 aliphatic carbocycles. The van der Waals surface area contributed by atoms with Crippen LogP contribution in [0.4, 0.5) is 11.6 Å². The number of nitriles is 1. The van der Waals surface area contributed by atoms with E-state index in [4.69, 9.17) is 10.5 Å². The van der Waals surface area contributed by atoms with Crippen LogP contribution in [-0.4, -0.2) is 22.9 Å². The van der Waals surface area contributed by atoms with E-state index in [1.165, 1.54) is 6.42 Å². The van der Waals surface area contributed by atoms with Crippen LogP contribution < -0.4 is 15.8 Å². The molecule has 0 aliphatic heterocycles. The number of hydrogen-bond acceptors (Lipinski definition) is 5. The number of aromatic nitrogens is 2. The van der Waals surface area contributed by atoms with Gasteiger partial charge in [0.25, 0.3) is 0 Å². The largest absolute Gasteiger partial charge is 0.497 e. The van der Waals surface area contributed by atoms with Crippen molar-refractivity contribution < 1.29 is 4.74 Å². The molecule has 0 saturated heterocycles. The van der Waals surface area contributed by atoms with Crippen molar-refractivity contribution in [1.29, 1.82) is 5.26 Å². The summed E-state index contributed by atoms with van der Waals surface area (Å²) in [6, 6.07) is 9.94. The summed E-state index contributed by atoms with van der Waals surface area (Å²) in [5.41, 5.74) is 7.23. The third-order valence-electron chi connectivity index (χ3n) is 3.78. The van der Waals surface area contributed by atoms with Gasteiger partial charge < -0.3 is 15.8 Å². The maximum atomic E-state index is 9.32. The molecule has 1 fully saturated rings. The Bertz CT molecular complexity index is 697. The zero-order valence-electron chi connectivity index (χ0n) is 11.8. The van der Waals surface area contributed by atoms with Gasteiger partial charge in [-0.1, -0.05) is 6.07 Å². The Balaban J connectivity index is 1.99. The highest BCUT2D eigenvalue weighted by Gasteiger charge is 2.23. The van der Waals surface area contributed by atoms with Crippen LogP contribution in [0.2, 0.25) is 0 Å². The van der Waals surface area contributed by atoms with Gasteiger partial charge in [-0.2, -0.15) is 5.26 Å². The molecule has 108 valence electrons. The zero-order valence-corrected chi connectivity index (χ0v) is 11.8. The van der Waals surface area contributed by atoms with E-state index in [0.29, 0.717) is 23.2 Å². The van der Waals surface area contributed by atoms with E-state index in [2.05, 4.69) is 16.5 Å². The second-order valence-electron chi connectivity index (χ2n) is 5.11. The van der Waals surface area contributed by atoms with Crippen LogP contribution in [0.15, 0.2) is 24.3 Å². The lowest BCUT2D eigenvalue weighted by Gasteiger charge is -2.26. The summed E-state index contributed by atoms with van der Waals surface area (Å²) in [6.45, 7) is 0. The fourth-order valence-electron chi connectivity index (χ4n) is 2.33. The highest BCUT2D eigenvalue weighted by atomic mass is 16.5. The fraction of sp³-hybridized carbons (Fsp3) is 0.333. The van der Waals surface area contributed by atoms with E-state index in [-0.39, 0.29) is 0 Å². The third-order valence-corrected chi connectivity index (χ3v) is 3.78. The normalized spacial score (nSPS) is 14.3. The first-order valence-electron chi connectivity index (χ1n) is 6.92. The van der Waals surface area contributed by atoms with Gasteiger partial charge in [0.15, 0.2) is 5.82 Å². The Morgan fingerprint density at radius 2 is 2.29 bits per heavy atom. The molecular weight excluding hydrogens is 266 g/mol. The molecular formula is C15H17N5O. The summed E-state index contributed by atoms with van der Waals surface area (Å²) in [5.74, 6) is 1.62. The quantitative estimate of drug-likeness (QED) is 0.898. The SMILES string of the molecule is COc1cccc(-n2nc(NC3CCC3)c(C#N)c2N)c1. The molecule has 0 atom stereocenters. The van der Waals surface area contributed by atoms with Crippen LogP contribution in [0.1, 0.15) is 24.8 Å². The minimum atomic E-state index is 0.340. The molecule has 1 aromatic heterocycles. The van der Waals surface area contributed by atoms with Crippen LogP contribution in [0, 0.1) is 11.3 Å². The molecule has 21 heavy (non-hydrogen) atoms. The number of anilines is 2. The number of nitrogen functional groups attached to an aromatic ring is 1. The summed E-state index contributed by atoms with van der Waals surface area (Å²) in [5, 5.41) is 17.1. The van der Waals surface area contributed by atoms with E-state index in [9.17, 15) is 5.26 Å². The lowest BCUT2D eigenvalue weighted by Crippen LogP contribution is -2.27. The van der Waals surface area contributed by atoms with Gasteiger partial charge in [-0.25, -0.2) is 4.68 Å². The van der Waals surface area contributed by atoms with E-state index < -0.39 is 0 Å². The van der Waals surface area contributed by atoms with Crippen LogP contribution in [-0.2, 0) is 0 Å². The predicted molar refractivity (Wildman–Crippen MR) is 80.5 cm³/mol. The molecule has 0 unspecified atom stereocenters. The number of benzene rings is 1. The Morgan fingerprint density at radius 3 is 2.90 bits per heavy atom. The average Bonchev–Trinajstić information content (AvgIpc) is 2.79. The summed E-state index contributed by atoms with van der Waals surface area (Å²) >= 11 is 0. The summed E-state index contributed by atoms with van der Waals surface area (Å²) in [6.07, 6.45) is 3.43. The molecule has 1 heterocycles. The van der Waals surface area contributed by atoms with Gasteiger partial charge in [-0.15, -0.1) is 5.10 Å². The third kappa shape index (κ3) is 2.38. The Morgan fingerprint density at radius 1 is 1.48 bits per heavy atom. The predicted octanol–water partition coefficient (Wildman–Crippen LogP) is 2.30. The van der Waals surface area contributed by atoms with Crippen LogP contribution in [0.3, 0.4) is 0 Å². The molecule has 0 radical (unpaired) electrons. The van der Waals surface area contributed by atoms with Crippen molar-refractivity contribution >= 4 is 11.6 Å². The minimum Gasteiger partial charge on any atom is -0.497 e. The van der Waals surface area contributed by atoms with Crippen LogP contribution >= 0.6 is 0 Å². The lowest BCUT2D eigenvalue weighted by molar-refractivity contribution is 0.414. The summed E-state index contributed by atoms with van der Waals surface area (Å²) in [4.78, 5) is 0. The van der Waals surface area contributed by atoms with Gasteiger partial charge in [0.1, 0.15) is 23.2 Å². The molecule has 6 nitrogen and oxygen atoms in total. The molecule has 3 rings (SSSR count).